The van der Waals surface area contributed by atoms with Crippen LogP contribution in [0.5, 0.6) is 0 Å². The molecule has 1 fully saturated rings. The molecule has 2 N–H and O–H groups in total. The Kier molecular flexibility index (Phi) is 7.60. The van der Waals surface area contributed by atoms with Crippen molar-refractivity contribution >= 4 is 23.5 Å². The van der Waals surface area contributed by atoms with Gasteiger partial charge in [0.2, 0.25) is 0 Å². The largest absolute Gasteiger partial charge is 0.356 e. The van der Waals surface area contributed by atoms with Crippen molar-refractivity contribution in [1.82, 2.24) is 15.6 Å². The predicted molar refractivity (Wildman–Crippen MR) is 120 cm³/mol. The van der Waals surface area contributed by atoms with Gasteiger partial charge in [0.15, 0.2) is 5.96 Å². The third-order valence-corrected chi connectivity index (χ3v) is 6.01. The maximum Gasteiger partial charge on any atom is 0.191 e. The van der Waals surface area contributed by atoms with E-state index in [2.05, 4.69) is 74.9 Å². The first kappa shape index (κ1) is 20.5. The first-order valence-electron chi connectivity index (χ1n) is 10.0. The Morgan fingerprint density at radius 2 is 1.93 bits per heavy atom. The Bertz CT molecular complexity index is 757. The molecule has 1 aliphatic rings. The normalized spacial score (nSPS) is 16.7. The molecular formula is C22H31N5S. The molecule has 1 aliphatic heterocycles. The first-order chi connectivity index (χ1) is 13.6. The SMILES string of the molecule is CN=C(NCC(C)Sc1ccccc1)NC1CCN(c2cccc(C)n2)CC1. The van der Waals surface area contributed by atoms with Crippen LogP contribution >= 0.6 is 11.8 Å². The number of thioether (sulfide) groups is 1. The second-order valence-electron chi connectivity index (χ2n) is 7.24. The highest BCUT2D eigenvalue weighted by Gasteiger charge is 2.21. The van der Waals surface area contributed by atoms with E-state index in [9.17, 15) is 0 Å². The van der Waals surface area contributed by atoms with Crippen LogP contribution in [0.4, 0.5) is 5.82 Å². The summed E-state index contributed by atoms with van der Waals surface area (Å²) in [5, 5.41) is 7.54. The Balaban J connectivity index is 1.41. The fourth-order valence-corrected chi connectivity index (χ4v) is 4.30. The molecule has 3 rings (SSSR count). The van der Waals surface area contributed by atoms with Gasteiger partial charge in [-0.1, -0.05) is 31.2 Å². The summed E-state index contributed by atoms with van der Waals surface area (Å²) in [5.41, 5.74) is 1.07. The molecule has 6 heteroatoms. The third-order valence-electron chi connectivity index (χ3n) is 4.89. The number of piperidine rings is 1. The number of nitrogens with one attached hydrogen (secondary N) is 2. The van der Waals surface area contributed by atoms with Crippen LogP contribution in [0.2, 0.25) is 0 Å². The second-order valence-corrected chi connectivity index (χ2v) is 8.75. The quantitative estimate of drug-likeness (QED) is 0.442. The minimum absolute atomic E-state index is 0.448. The zero-order chi connectivity index (χ0) is 19.8. The summed E-state index contributed by atoms with van der Waals surface area (Å²) in [5.74, 6) is 1.99. The molecule has 1 saturated heterocycles. The third kappa shape index (κ3) is 6.16. The summed E-state index contributed by atoms with van der Waals surface area (Å²) in [6.45, 7) is 7.21. The second kappa shape index (κ2) is 10.4. The molecule has 0 bridgehead atoms. The van der Waals surface area contributed by atoms with Crippen molar-refractivity contribution in [3.05, 3.63) is 54.2 Å². The van der Waals surface area contributed by atoms with E-state index >= 15 is 0 Å². The van der Waals surface area contributed by atoms with Crippen LogP contribution in [-0.4, -0.2) is 48.9 Å². The molecule has 0 aliphatic carbocycles. The predicted octanol–water partition coefficient (Wildman–Crippen LogP) is 3.70. The van der Waals surface area contributed by atoms with Crippen LogP contribution < -0.4 is 15.5 Å². The minimum Gasteiger partial charge on any atom is -0.356 e. The number of aromatic nitrogens is 1. The van der Waals surface area contributed by atoms with Gasteiger partial charge in [0.25, 0.3) is 0 Å². The van der Waals surface area contributed by atoms with Gasteiger partial charge in [0.1, 0.15) is 5.82 Å². The van der Waals surface area contributed by atoms with Crippen molar-refractivity contribution < 1.29 is 0 Å². The first-order valence-corrected chi connectivity index (χ1v) is 10.9. The molecule has 0 amide bonds. The van der Waals surface area contributed by atoms with Crippen LogP contribution in [0.3, 0.4) is 0 Å². The molecule has 28 heavy (non-hydrogen) atoms. The highest BCUT2D eigenvalue weighted by atomic mass is 32.2. The van der Waals surface area contributed by atoms with E-state index in [1.54, 1.807) is 0 Å². The van der Waals surface area contributed by atoms with E-state index in [0.717, 1.165) is 49.9 Å². The van der Waals surface area contributed by atoms with Gasteiger partial charge in [-0.2, -0.15) is 0 Å². The van der Waals surface area contributed by atoms with Gasteiger partial charge in [0.05, 0.1) is 0 Å². The van der Waals surface area contributed by atoms with Crippen LogP contribution in [0.15, 0.2) is 58.4 Å². The Morgan fingerprint density at radius 3 is 2.61 bits per heavy atom. The van der Waals surface area contributed by atoms with Crippen LogP contribution in [0, 0.1) is 6.92 Å². The lowest BCUT2D eigenvalue weighted by Crippen LogP contribution is -2.49. The lowest BCUT2D eigenvalue weighted by Gasteiger charge is -2.34. The maximum absolute atomic E-state index is 4.65. The fourth-order valence-electron chi connectivity index (χ4n) is 3.36. The molecule has 1 atom stereocenters. The molecule has 2 heterocycles. The number of hydrogen-bond donors (Lipinski definition) is 2. The van der Waals surface area contributed by atoms with Crippen LogP contribution in [0.1, 0.15) is 25.5 Å². The topological polar surface area (TPSA) is 52.6 Å². The average Bonchev–Trinajstić information content (AvgIpc) is 2.72. The molecule has 0 saturated carbocycles. The number of pyridine rings is 1. The zero-order valence-electron chi connectivity index (χ0n) is 17.1. The molecule has 1 aromatic heterocycles. The molecule has 0 radical (unpaired) electrons. The molecule has 1 unspecified atom stereocenters. The smallest absolute Gasteiger partial charge is 0.191 e. The molecule has 1 aromatic carbocycles. The van der Waals surface area contributed by atoms with Crippen molar-refractivity contribution in [3.8, 4) is 0 Å². The number of anilines is 1. The molecule has 5 nitrogen and oxygen atoms in total. The molecular weight excluding hydrogens is 366 g/mol. The van der Waals surface area contributed by atoms with Crippen molar-refractivity contribution in [3.63, 3.8) is 0 Å². The van der Waals surface area contributed by atoms with Crippen LogP contribution in [0.25, 0.3) is 0 Å². The van der Waals surface area contributed by atoms with Gasteiger partial charge < -0.3 is 15.5 Å². The number of guanidine groups is 1. The molecule has 0 spiro atoms. The van der Waals surface area contributed by atoms with E-state index < -0.39 is 0 Å². The lowest BCUT2D eigenvalue weighted by molar-refractivity contribution is 0.459. The molecule has 2 aromatic rings. The van der Waals surface area contributed by atoms with E-state index in [0.29, 0.717) is 11.3 Å². The van der Waals surface area contributed by atoms with E-state index in [1.807, 2.05) is 31.8 Å². The number of aryl methyl sites for hydroxylation is 1. The van der Waals surface area contributed by atoms with Crippen molar-refractivity contribution in [2.75, 3.05) is 31.6 Å². The van der Waals surface area contributed by atoms with Crippen molar-refractivity contribution in [1.29, 1.82) is 0 Å². The van der Waals surface area contributed by atoms with E-state index in [-0.39, 0.29) is 0 Å². The highest BCUT2D eigenvalue weighted by molar-refractivity contribution is 8.00. The lowest BCUT2D eigenvalue weighted by atomic mass is 10.1. The number of nitrogens with zero attached hydrogens (tertiary/aromatic N) is 3. The molecule has 150 valence electrons. The van der Waals surface area contributed by atoms with Crippen LogP contribution in [-0.2, 0) is 0 Å². The highest BCUT2D eigenvalue weighted by Crippen LogP contribution is 2.22. The summed E-state index contributed by atoms with van der Waals surface area (Å²) in [6, 6.07) is 17.2. The summed E-state index contributed by atoms with van der Waals surface area (Å²) in [4.78, 5) is 12.7. The summed E-state index contributed by atoms with van der Waals surface area (Å²) in [6.07, 6.45) is 2.18. The van der Waals surface area contributed by atoms with Gasteiger partial charge in [-0.05, 0) is 44.0 Å². The fraction of sp³-hybridized carbons (Fsp3) is 0.455. The minimum atomic E-state index is 0.448. The van der Waals surface area contributed by atoms with Gasteiger partial charge >= 0.3 is 0 Å². The van der Waals surface area contributed by atoms with Crippen molar-refractivity contribution in [2.24, 2.45) is 4.99 Å². The Morgan fingerprint density at radius 1 is 1.18 bits per heavy atom. The average molecular weight is 398 g/mol. The van der Waals surface area contributed by atoms with Gasteiger partial charge in [-0.3, -0.25) is 4.99 Å². The van der Waals surface area contributed by atoms with Crippen molar-refractivity contribution in [2.45, 2.75) is 42.9 Å². The number of rotatable bonds is 6. The van der Waals surface area contributed by atoms with Gasteiger partial charge in [0, 0.05) is 48.6 Å². The monoisotopic (exact) mass is 397 g/mol. The Hall–Kier alpha value is -2.21. The van der Waals surface area contributed by atoms with Gasteiger partial charge in [-0.15, -0.1) is 11.8 Å². The summed E-state index contributed by atoms with van der Waals surface area (Å²) < 4.78 is 0. The van der Waals surface area contributed by atoms with Gasteiger partial charge in [-0.25, -0.2) is 4.98 Å². The van der Waals surface area contributed by atoms with E-state index in [4.69, 9.17) is 0 Å². The summed E-state index contributed by atoms with van der Waals surface area (Å²) >= 11 is 1.88. The number of benzene rings is 1. The Labute approximate surface area is 173 Å². The van der Waals surface area contributed by atoms with E-state index in [1.165, 1.54) is 4.90 Å². The number of aliphatic imine (C=N–C) groups is 1. The maximum atomic E-state index is 4.65. The number of hydrogen-bond acceptors (Lipinski definition) is 4. The zero-order valence-corrected chi connectivity index (χ0v) is 17.9. The standard InChI is InChI=1S/C22H31N5S/c1-17-8-7-11-21(25-17)27-14-12-19(13-15-27)26-22(23-3)24-16-18(2)28-20-9-5-4-6-10-20/h4-11,18-19H,12-16H2,1-3H3,(H2,23,24,26). The summed E-state index contributed by atoms with van der Waals surface area (Å²) in [7, 11) is 1.84.